The smallest absolute Gasteiger partial charge is 0.255 e. The molecule has 0 bridgehead atoms. The summed E-state index contributed by atoms with van der Waals surface area (Å²) in [5.74, 6) is -0.867. The second-order valence-electron chi connectivity index (χ2n) is 5.57. The Balaban J connectivity index is 1.63. The van der Waals surface area contributed by atoms with E-state index in [9.17, 15) is 18.0 Å². The van der Waals surface area contributed by atoms with Gasteiger partial charge in [0.05, 0.1) is 12.2 Å². The van der Waals surface area contributed by atoms with Crippen molar-refractivity contribution in [2.75, 3.05) is 6.54 Å². The van der Waals surface area contributed by atoms with E-state index in [2.05, 4.69) is 10.3 Å². The number of halogens is 3. The summed E-state index contributed by atoms with van der Waals surface area (Å²) in [6, 6.07) is 9.72. The van der Waals surface area contributed by atoms with Gasteiger partial charge in [-0.15, -0.1) is 0 Å². The maximum Gasteiger partial charge on any atom is 0.255 e. The molecule has 23 heavy (non-hydrogen) atoms. The van der Waals surface area contributed by atoms with Gasteiger partial charge in [0.1, 0.15) is 5.82 Å². The quantitative estimate of drug-likeness (QED) is 0.918. The zero-order valence-electron chi connectivity index (χ0n) is 12.2. The number of carbonyl (C=O) groups is 1. The van der Waals surface area contributed by atoms with Crippen LogP contribution in [0.25, 0.3) is 11.3 Å². The number of hydrogen-bond donors (Lipinski definition) is 1. The van der Waals surface area contributed by atoms with Crippen LogP contribution in [0, 0.1) is 11.7 Å². The first-order chi connectivity index (χ1) is 11.0. The van der Waals surface area contributed by atoms with E-state index in [0.29, 0.717) is 12.1 Å². The molecule has 2 aromatic rings. The summed E-state index contributed by atoms with van der Waals surface area (Å²) in [7, 11) is 0. The van der Waals surface area contributed by atoms with E-state index in [-0.39, 0.29) is 23.6 Å². The average Bonchev–Trinajstić information content (AvgIpc) is 3.34. The van der Waals surface area contributed by atoms with E-state index in [1.54, 1.807) is 18.3 Å². The van der Waals surface area contributed by atoms with Gasteiger partial charge in [-0.1, -0.05) is 6.07 Å². The molecule has 1 aromatic heterocycles. The van der Waals surface area contributed by atoms with Crippen molar-refractivity contribution in [2.24, 2.45) is 5.92 Å². The fourth-order valence-electron chi connectivity index (χ4n) is 2.58. The minimum Gasteiger partial charge on any atom is -0.350 e. The molecule has 1 saturated carbocycles. The lowest BCUT2D eigenvalue weighted by atomic mass is 10.1. The van der Waals surface area contributed by atoms with Crippen molar-refractivity contribution in [1.82, 2.24) is 10.3 Å². The number of nitrogens with zero attached hydrogens (tertiary/aromatic N) is 1. The SMILES string of the molecule is O=C(NCC(F)F)[C@H]1C[C@@H]1c1ccc(-c2ccc(F)cc2)nc1. The molecule has 0 aliphatic heterocycles. The van der Waals surface area contributed by atoms with E-state index in [1.807, 2.05) is 12.1 Å². The van der Waals surface area contributed by atoms with Crippen LogP contribution in [0.4, 0.5) is 13.2 Å². The molecule has 1 fully saturated rings. The Kier molecular flexibility index (Phi) is 4.32. The van der Waals surface area contributed by atoms with Crippen LogP contribution in [-0.4, -0.2) is 23.9 Å². The summed E-state index contributed by atoms with van der Waals surface area (Å²) >= 11 is 0. The van der Waals surface area contributed by atoms with Crippen molar-refractivity contribution in [1.29, 1.82) is 0 Å². The van der Waals surface area contributed by atoms with Crippen LogP contribution in [-0.2, 0) is 4.79 Å². The first kappa shape index (κ1) is 15.5. The number of benzene rings is 1. The number of nitrogens with one attached hydrogen (secondary N) is 1. The Morgan fingerprint density at radius 3 is 2.57 bits per heavy atom. The Hall–Kier alpha value is -2.37. The number of aromatic nitrogens is 1. The monoisotopic (exact) mass is 320 g/mol. The van der Waals surface area contributed by atoms with Gasteiger partial charge in [0.15, 0.2) is 0 Å². The predicted octanol–water partition coefficient (Wildman–Crippen LogP) is 3.37. The third kappa shape index (κ3) is 3.70. The molecule has 1 aliphatic rings. The topological polar surface area (TPSA) is 42.0 Å². The van der Waals surface area contributed by atoms with E-state index < -0.39 is 13.0 Å². The molecule has 0 saturated heterocycles. The number of alkyl halides is 2. The van der Waals surface area contributed by atoms with E-state index >= 15 is 0 Å². The molecule has 6 heteroatoms. The zero-order chi connectivity index (χ0) is 16.4. The summed E-state index contributed by atoms with van der Waals surface area (Å²) < 4.78 is 37.1. The molecule has 2 atom stereocenters. The van der Waals surface area contributed by atoms with Crippen molar-refractivity contribution in [3.63, 3.8) is 0 Å². The van der Waals surface area contributed by atoms with E-state index in [1.165, 1.54) is 12.1 Å². The van der Waals surface area contributed by atoms with E-state index in [4.69, 9.17) is 0 Å². The van der Waals surface area contributed by atoms with Crippen LogP contribution in [0.5, 0.6) is 0 Å². The second-order valence-corrected chi connectivity index (χ2v) is 5.57. The van der Waals surface area contributed by atoms with Crippen LogP contribution in [0.2, 0.25) is 0 Å². The van der Waals surface area contributed by atoms with Crippen LogP contribution in [0.1, 0.15) is 17.9 Å². The van der Waals surface area contributed by atoms with Crippen molar-refractivity contribution < 1.29 is 18.0 Å². The molecule has 1 heterocycles. The summed E-state index contributed by atoms with van der Waals surface area (Å²) in [6.45, 7) is -0.607. The van der Waals surface area contributed by atoms with Gasteiger partial charge in [-0.05, 0) is 48.2 Å². The zero-order valence-corrected chi connectivity index (χ0v) is 12.2. The van der Waals surface area contributed by atoms with Crippen molar-refractivity contribution >= 4 is 5.91 Å². The highest BCUT2D eigenvalue weighted by atomic mass is 19.3. The fraction of sp³-hybridized carbons (Fsp3) is 0.294. The van der Waals surface area contributed by atoms with Crippen LogP contribution < -0.4 is 5.32 Å². The lowest BCUT2D eigenvalue weighted by Crippen LogP contribution is -2.30. The number of hydrogen-bond acceptors (Lipinski definition) is 2. The molecule has 3 nitrogen and oxygen atoms in total. The second kappa shape index (κ2) is 6.40. The molecule has 0 spiro atoms. The lowest BCUT2D eigenvalue weighted by molar-refractivity contribution is -0.123. The number of amides is 1. The summed E-state index contributed by atoms with van der Waals surface area (Å²) in [6.07, 6.45) is -0.205. The highest BCUT2D eigenvalue weighted by molar-refractivity contribution is 5.82. The van der Waals surface area contributed by atoms with Gasteiger partial charge in [-0.25, -0.2) is 13.2 Å². The van der Waals surface area contributed by atoms with Crippen LogP contribution >= 0.6 is 0 Å². The molecule has 0 unspecified atom stereocenters. The van der Waals surface area contributed by atoms with Crippen molar-refractivity contribution in [3.05, 3.63) is 54.0 Å². The third-order valence-electron chi connectivity index (χ3n) is 3.91. The highest BCUT2D eigenvalue weighted by Crippen LogP contribution is 2.47. The summed E-state index contributed by atoms with van der Waals surface area (Å²) in [5, 5.41) is 2.24. The van der Waals surface area contributed by atoms with Crippen LogP contribution in [0.3, 0.4) is 0 Å². The normalized spacial score (nSPS) is 19.7. The van der Waals surface area contributed by atoms with Gasteiger partial charge in [-0.2, -0.15) is 0 Å². The lowest BCUT2D eigenvalue weighted by Gasteiger charge is -2.05. The molecule has 1 amide bonds. The van der Waals surface area contributed by atoms with E-state index in [0.717, 1.165) is 11.1 Å². The standard InChI is InChI=1S/C17H15F3N2O/c18-12-4-1-10(2-5-12)15-6-3-11(8-21-15)13-7-14(13)17(23)22-9-16(19)20/h1-6,8,13-14,16H,7,9H2,(H,22,23)/t13-,14+/m1/s1. The molecular formula is C17H15F3N2O. The van der Waals surface area contributed by atoms with Gasteiger partial charge in [0, 0.05) is 17.7 Å². The number of carbonyl (C=O) groups excluding carboxylic acids is 1. The first-order valence-electron chi connectivity index (χ1n) is 7.32. The molecule has 1 N–H and O–H groups in total. The Morgan fingerprint density at radius 1 is 1.22 bits per heavy atom. The minimum atomic E-state index is -2.53. The van der Waals surface area contributed by atoms with Gasteiger partial charge in [0.25, 0.3) is 6.43 Å². The average molecular weight is 320 g/mol. The first-order valence-corrected chi connectivity index (χ1v) is 7.32. The summed E-state index contributed by atoms with van der Waals surface area (Å²) in [5.41, 5.74) is 2.43. The maximum atomic E-state index is 12.9. The Labute approximate surface area is 131 Å². The summed E-state index contributed by atoms with van der Waals surface area (Å²) in [4.78, 5) is 16.0. The molecule has 0 radical (unpaired) electrons. The minimum absolute atomic E-state index is 0.0300. The Bertz CT molecular complexity index is 686. The largest absolute Gasteiger partial charge is 0.350 e. The Morgan fingerprint density at radius 2 is 1.96 bits per heavy atom. The van der Waals surface area contributed by atoms with Crippen LogP contribution in [0.15, 0.2) is 42.6 Å². The van der Waals surface area contributed by atoms with Gasteiger partial charge >= 0.3 is 0 Å². The fourth-order valence-corrected chi connectivity index (χ4v) is 2.58. The van der Waals surface area contributed by atoms with Gasteiger partial charge < -0.3 is 5.32 Å². The molecule has 120 valence electrons. The third-order valence-corrected chi connectivity index (χ3v) is 3.91. The molecule has 1 aliphatic carbocycles. The molecular weight excluding hydrogens is 305 g/mol. The van der Waals surface area contributed by atoms with Crippen molar-refractivity contribution in [3.8, 4) is 11.3 Å². The number of pyridine rings is 1. The van der Waals surface area contributed by atoms with Gasteiger partial charge in [-0.3, -0.25) is 9.78 Å². The van der Waals surface area contributed by atoms with Crippen molar-refractivity contribution in [2.45, 2.75) is 18.8 Å². The van der Waals surface area contributed by atoms with Gasteiger partial charge in [0.2, 0.25) is 5.91 Å². The molecule has 3 rings (SSSR count). The maximum absolute atomic E-state index is 12.9. The molecule has 1 aromatic carbocycles. The predicted molar refractivity (Wildman–Crippen MR) is 79.5 cm³/mol. The highest BCUT2D eigenvalue weighted by Gasteiger charge is 2.44. The number of rotatable bonds is 5.